The zero-order valence-corrected chi connectivity index (χ0v) is 28.5. The molecule has 0 bridgehead atoms. The van der Waals surface area contributed by atoms with Crippen LogP contribution in [0.25, 0.3) is 0 Å². The number of fused-ring (bicyclic) bond motifs is 5. The number of esters is 3. The van der Waals surface area contributed by atoms with Gasteiger partial charge in [-0.1, -0.05) is 36.7 Å². The lowest BCUT2D eigenvalue weighted by Crippen LogP contribution is -2.51. The molecule has 256 valence electrons. The zero-order valence-electron chi connectivity index (χ0n) is 28.5. The number of carbonyl (C=O) groups is 4. The third-order valence-corrected chi connectivity index (χ3v) is 12.2. The second-order valence-electron chi connectivity index (χ2n) is 15.1. The second kappa shape index (κ2) is 13.0. The van der Waals surface area contributed by atoms with Crippen LogP contribution in [0.3, 0.4) is 0 Å². The van der Waals surface area contributed by atoms with Crippen molar-refractivity contribution in [1.82, 2.24) is 5.16 Å². The van der Waals surface area contributed by atoms with E-state index in [4.69, 9.17) is 23.5 Å². The van der Waals surface area contributed by atoms with E-state index in [9.17, 15) is 19.2 Å². The van der Waals surface area contributed by atoms with Crippen LogP contribution in [-0.2, 0) is 44.5 Å². The van der Waals surface area contributed by atoms with Gasteiger partial charge in [0.15, 0.2) is 0 Å². The summed E-state index contributed by atoms with van der Waals surface area (Å²) in [5, 5.41) is 4.53. The highest BCUT2D eigenvalue weighted by Gasteiger charge is 2.62. The first-order valence-electron chi connectivity index (χ1n) is 17.3. The molecular formula is C37H49NO9. The summed E-state index contributed by atoms with van der Waals surface area (Å²) >= 11 is 0. The molecular weight excluding hydrogens is 602 g/mol. The van der Waals surface area contributed by atoms with Gasteiger partial charge < -0.3 is 23.5 Å². The summed E-state index contributed by atoms with van der Waals surface area (Å²) in [6.45, 7) is 10.6. The molecule has 0 saturated heterocycles. The standard InChI is InChI=1S/C37H49NO9/c1-20(39)35-29(32-17-27(47-38-32)16-25-8-10-33(45-23(4)42)34(46-25)19-43-21(2)40)18-31-28-9-7-24-15-26(44-22(3)41)11-13-36(24,5)30(28)12-14-37(31,35)6/h7-8,10,17,25-26,28-31,33-35H,9,11-16,18-19H2,1-6H3/t25?,26-,28+,29-,30-,31-,33+,34-,35-,36-,37-/m0/s1. The first-order valence-corrected chi connectivity index (χ1v) is 17.3. The van der Waals surface area contributed by atoms with E-state index in [0.717, 1.165) is 50.6 Å². The molecule has 3 fully saturated rings. The van der Waals surface area contributed by atoms with Crippen LogP contribution in [0.5, 0.6) is 0 Å². The van der Waals surface area contributed by atoms with Crippen molar-refractivity contribution in [3.63, 3.8) is 0 Å². The molecule has 10 nitrogen and oxygen atoms in total. The Balaban J connectivity index is 1.19. The fraction of sp³-hybridized carbons (Fsp3) is 0.703. The highest BCUT2D eigenvalue weighted by molar-refractivity contribution is 5.81. The Hall–Kier alpha value is -3.27. The first-order chi connectivity index (χ1) is 22.3. The number of ether oxygens (including phenoxy) is 4. The first kappa shape index (κ1) is 33.6. The van der Waals surface area contributed by atoms with E-state index in [-0.39, 0.29) is 47.1 Å². The van der Waals surface area contributed by atoms with E-state index >= 15 is 0 Å². The average molecular weight is 652 g/mol. The van der Waals surface area contributed by atoms with Gasteiger partial charge in [-0.05, 0) is 80.1 Å². The molecule has 1 aliphatic heterocycles. The lowest BCUT2D eigenvalue weighted by Gasteiger charge is -2.58. The molecule has 2 heterocycles. The maximum Gasteiger partial charge on any atom is 0.303 e. The van der Waals surface area contributed by atoms with Crippen LogP contribution in [0.4, 0.5) is 0 Å². The summed E-state index contributed by atoms with van der Waals surface area (Å²) in [6, 6.07) is 1.98. The van der Waals surface area contributed by atoms with Crippen molar-refractivity contribution in [2.75, 3.05) is 6.61 Å². The molecule has 0 aromatic carbocycles. The molecule has 1 aromatic heterocycles. The van der Waals surface area contributed by atoms with Crippen LogP contribution in [0, 0.1) is 34.5 Å². The molecule has 4 aliphatic carbocycles. The smallest absolute Gasteiger partial charge is 0.303 e. The predicted octanol–water partition coefficient (Wildman–Crippen LogP) is 5.83. The molecule has 6 rings (SSSR count). The van der Waals surface area contributed by atoms with Gasteiger partial charge in [-0.15, -0.1) is 0 Å². The van der Waals surface area contributed by atoms with E-state index in [1.807, 2.05) is 12.1 Å². The molecule has 10 heteroatoms. The third kappa shape index (κ3) is 6.46. The minimum atomic E-state index is -0.659. The van der Waals surface area contributed by atoms with Gasteiger partial charge in [-0.2, -0.15) is 0 Å². The van der Waals surface area contributed by atoms with E-state index in [1.54, 1.807) is 13.0 Å². The Bertz CT molecular complexity index is 1460. The Morgan fingerprint density at radius 2 is 1.72 bits per heavy atom. The molecule has 3 saturated carbocycles. The highest BCUT2D eigenvalue weighted by atomic mass is 16.6. The van der Waals surface area contributed by atoms with Crippen molar-refractivity contribution < 1.29 is 42.6 Å². The number of hydrogen-bond acceptors (Lipinski definition) is 10. The number of ketones is 1. The Labute approximate surface area is 276 Å². The fourth-order valence-corrected chi connectivity index (χ4v) is 10.3. The van der Waals surface area contributed by atoms with Gasteiger partial charge >= 0.3 is 17.9 Å². The maximum atomic E-state index is 13.4. The van der Waals surface area contributed by atoms with Crippen LogP contribution >= 0.6 is 0 Å². The molecule has 0 radical (unpaired) electrons. The van der Waals surface area contributed by atoms with Crippen molar-refractivity contribution in [2.45, 2.75) is 123 Å². The topological polar surface area (TPSA) is 131 Å². The number of rotatable bonds is 8. The highest BCUT2D eigenvalue weighted by Crippen LogP contribution is 2.68. The SMILES string of the molecule is CC(=O)OC[C@@H]1OC(Cc2cc([C@@H]3C[C@H]4[C@@H]5CC=C6C[C@@H](OC(C)=O)CC[C@]6(C)[C@H]5CC[C@]4(C)[C@H]3C(C)=O)no2)C=C[C@H]1OC(C)=O. The lowest BCUT2D eigenvalue weighted by molar-refractivity contribution is -0.163. The van der Waals surface area contributed by atoms with Crippen LogP contribution in [0.1, 0.15) is 104 Å². The van der Waals surface area contributed by atoms with Gasteiger partial charge in [0.1, 0.15) is 36.5 Å². The second-order valence-corrected chi connectivity index (χ2v) is 15.1. The van der Waals surface area contributed by atoms with E-state index in [0.29, 0.717) is 29.9 Å². The summed E-state index contributed by atoms with van der Waals surface area (Å²) in [6.07, 6.45) is 11.5. The minimum absolute atomic E-state index is 0.0236. The summed E-state index contributed by atoms with van der Waals surface area (Å²) in [5.74, 6) is 1.05. The molecule has 0 amide bonds. The van der Waals surface area contributed by atoms with Crippen molar-refractivity contribution in [1.29, 1.82) is 0 Å². The summed E-state index contributed by atoms with van der Waals surface area (Å²) in [5.41, 5.74) is 2.26. The lowest BCUT2D eigenvalue weighted by atomic mass is 9.47. The summed E-state index contributed by atoms with van der Waals surface area (Å²) in [7, 11) is 0. The Morgan fingerprint density at radius 3 is 2.43 bits per heavy atom. The van der Waals surface area contributed by atoms with Crippen molar-refractivity contribution >= 4 is 23.7 Å². The molecule has 1 aromatic rings. The number of aromatic nitrogens is 1. The monoisotopic (exact) mass is 651 g/mol. The minimum Gasteiger partial charge on any atom is -0.463 e. The van der Waals surface area contributed by atoms with Gasteiger partial charge in [0.2, 0.25) is 0 Å². The molecule has 1 unspecified atom stereocenters. The third-order valence-electron chi connectivity index (χ3n) is 12.2. The van der Waals surface area contributed by atoms with Gasteiger partial charge in [0, 0.05) is 51.5 Å². The van der Waals surface area contributed by atoms with Crippen LogP contribution in [-0.4, -0.2) is 59.9 Å². The van der Waals surface area contributed by atoms with Crippen molar-refractivity contribution in [3.8, 4) is 0 Å². The van der Waals surface area contributed by atoms with Crippen LogP contribution in [0.2, 0.25) is 0 Å². The maximum absolute atomic E-state index is 13.4. The van der Waals surface area contributed by atoms with Gasteiger partial charge in [0.25, 0.3) is 0 Å². The number of carbonyl (C=O) groups excluding carboxylic acids is 4. The van der Waals surface area contributed by atoms with Crippen LogP contribution < -0.4 is 0 Å². The van der Waals surface area contributed by atoms with Crippen LogP contribution in [0.15, 0.2) is 34.4 Å². The zero-order chi connectivity index (χ0) is 33.7. The Kier molecular flexibility index (Phi) is 9.28. The Morgan fingerprint density at radius 1 is 0.957 bits per heavy atom. The number of hydrogen-bond donors (Lipinski definition) is 0. The van der Waals surface area contributed by atoms with E-state index in [1.165, 1.54) is 26.3 Å². The predicted molar refractivity (Wildman–Crippen MR) is 170 cm³/mol. The number of Topliss-reactive ketones (excluding diaryl/α,β-unsaturated/α-hetero) is 1. The number of nitrogens with zero attached hydrogens (tertiary/aromatic N) is 1. The normalized spacial score (nSPS) is 39.1. The van der Waals surface area contributed by atoms with Gasteiger partial charge in [-0.3, -0.25) is 19.2 Å². The van der Waals surface area contributed by atoms with Gasteiger partial charge in [-0.25, -0.2) is 0 Å². The molecule has 47 heavy (non-hydrogen) atoms. The molecule has 0 spiro atoms. The average Bonchev–Trinajstić information content (AvgIpc) is 3.58. The molecule has 11 atom stereocenters. The van der Waals surface area contributed by atoms with E-state index < -0.39 is 30.3 Å². The summed E-state index contributed by atoms with van der Waals surface area (Å²) in [4.78, 5) is 48.1. The van der Waals surface area contributed by atoms with Crippen molar-refractivity contribution in [3.05, 3.63) is 41.3 Å². The van der Waals surface area contributed by atoms with Crippen molar-refractivity contribution in [2.24, 2.45) is 34.5 Å². The summed E-state index contributed by atoms with van der Waals surface area (Å²) < 4.78 is 28.2. The molecule has 0 N–H and O–H groups in total. The number of allylic oxidation sites excluding steroid dienone is 1. The quantitative estimate of drug-likeness (QED) is 0.192. The molecule has 5 aliphatic rings. The largest absolute Gasteiger partial charge is 0.463 e. The van der Waals surface area contributed by atoms with Gasteiger partial charge in [0.05, 0.1) is 11.8 Å². The van der Waals surface area contributed by atoms with E-state index in [2.05, 4.69) is 25.1 Å². The fourth-order valence-electron chi connectivity index (χ4n) is 10.3.